The predicted octanol–water partition coefficient (Wildman–Crippen LogP) is 5.95. The maximum absolute atomic E-state index is 12.5. The normalized spacial score (nSPS) is 11.1. The second-order valence-corrected chi connectivity index (χ2v) is 10.2. The first kappa shape index (κ1) is 24.5. The fourth-order valence-corrected chi connectivity index (χ4v) is 5.37. The minimum Gasteiger partial charge on any atom is -0.461 e. The van der Waals surface area contributed by atoms with Crippen LogP contribution in [0.25, 0.3) is 17.3 Å². The summed E-state index contributed by atoms with van der Waals surface area (Å²) in [5, 5.41) is 15.6. The first-order chi connectivity index (χ1) is 17.6. The molecule has 1 N–H and O–H groups in total. The van der Waals surface area contributed by atoms with Gasteiger partial charge >= 0.3 is 0 Å². The van der Waals surface area contributed by atoms with Crippen LogP contribution in [0.1, 0.15) is 21.2 Å². The summed E-state index contributed by atoms with van der Waals surface area (Å²) in [7, 11) is 0. The minimum absolute atomic E-state index is 0.211. The van der Waals surface area contributed by atoms with Gasteiger partial charge in [-0.25, -0.2) is 4.98 Å². The SMILES string of the molecule is O=C(NCCc1ccccn1)c1csc(CSc2nnc(-c3ccco3)n2-c2ccc(Cl)c(Cl)c2)n1. The molecule has 0 bridgehead atoms. The van der Waals surface area contributed by atoms with Gasteiger partial charge in [0.15, 0.2) is 10.9 Å². The highest BCUT2D eigenvalue weighted by Gasteiger charge is 2.20. The number of amides is 1. The van der Waals surface area contributed by atoms with E-state index in [1.807, 2.05) is 34.9 Å². The van der Waals surface area contributed by atoms with Crippen molar-refractivity contribution < 1.29 is 9.21 Å². The van der Waals surface area contributed by atoms with Gasteiger partial charge in [0.25, 0.3) is 5.91 Å². The second kappa shape index (κ2) is 11.3. The van der Waals surface area contributed by atoms with Crippen LogP contribution in [0.15, 0.2) is 75.9 Å². The van der Waals surface area contributed by atoms with Gasteiger partial charge in [-0.3, -0.25) is 14.3 Å². The van der Waals surface area contributed by atoms with E-state index in [4.69, 9.17) is 27.6 Å². The third-order valence-corrected chi connectivity index (χ3v) is 7.75. The number of thioether (sulfide) groups is 1. The van der Waals surface area contributed by atoms with E-state index in [1.54, 1.807) is 36.0 Å². The van der Waals surface area contributed by atoms with Crippen molar-refractivity contribution in [2.24, 2.45) is 0 Å². The Hall–Kier alpha value is -3.18. The molecule has 0 atom stereocenters. The van der Waals surface area contributed by atoms with Crippen molar-refractivity contribution in [3.8, 4) is 17.3 Å². The molecule has 8 nitrogen and oxygen atoms in total. The molecule has 0 fully saturated rings. The van der Waals surface area contributed by atoms with E-state index in [9.17, 15) is 4.79 Å². The number of pyridine rings is 1. The van der Waals surface area contributed by atoms with E-state index >= 15 is 0 Å². The van der Waals surface area contributed by atoms with Crippen molar-refractivity contribution in [2.45, 2.75) is 17.3 Å². The number of rotatable bonds is 9. The Morgan fingerprint density at radius 1 is 1.11 bits per heavy atom. The van der Waals surface area contributed by atoms with Gasteiger partial charge in [-0.05, 0) is 42.5 Å². The van der Waals surface area contributed by atoms with Crippen molar-refractivity contribution in [3.63, 3.8) is 0 Å². The molecule has 0 aliphatic carbocycles. The number of carbonyl (C=O) groups is 1. The molecule has 0 aliphatic rings. The Balaban J connectivity index is 1.28. The van der Waals surface area contributed by atoms with Crippen LogP contribution in [0.2, 0.25) is 10.0 Å². The first-order valence-corrected chi connectivity index (χ1v) is 13.4. The van der Waals surface area contributed by atoms with Gasteiger partial charge in [-0.15, -0.1) is 21.5 Å². The van der Waals surface area contributed by atoms with Gasteiger partial charge in [0.2, 0.25) is 5.82 Å². The lowest BCUT2D eigenvalue weighted by Gasteiger charge is -2.10. The van der Waals surface area contributed by atoms with Crippen LogP contribution >= 0.6 is 46.3 Å². The van der Waals surface area contributed by atoms with Crippen LogP contribution in [0.4, 0.5) is 0 Å². The summed E-state index contributed by atoms with van der Waals surface area (Å²) in [5.74, 6) is 1.40. The number of benzene rings is 1. The Kier molecular flexibility index (Phi) is 7.66. The number of hydrogen-bond acceptors (Lipinski definition) is 8. The van der Waals surface area contributed by atoms with Crippen LogP contribution < -0.4 is 5.32 Å². The summed E-state index contributed by atoms with van der Waals surface area (Å²) >= 11 is 15.2. The Morgan fingerprint density at radius 2 is 2.03 bits per heavy atom. The average Bonchev–Trinajstić information content (AvgIpc) is 3.66. The quantitative estimate of drug-likeness (QED) is 0.224. The zero-order valence-corrected chi connectivity index (χ0v) is 21.7. The third-order valence-electron chi connectivity index (χ3n) is 5.04. The predicted molar refractivity (Wildman–Crippen MR) is 141 cm³/mol. The molecule has 12 heteroatoms. The van der Waals surface area contributed by atoms with E-state index in [0.29, 0.717) is 51.2 Å². The lowest BCUT2D eigenvalue weighted by atomic mass is 10.2. The summed E-state index contributed by atoms with van der Waals surface area (Å²) in [6.45, 7) is 0.486. The number of furan rings is 1. The average molecular weight is 557 g/mol. The van der Waals surface area contributed by atoms with Gasteiger partial charge in [-0.1, -0.05) is 41.0 Å². The summed E-state index contributed by atoms with van der Waals surface area (Å²) in [6.07, 6.45) is 3.97. The Morgan fingerprint density at radius 3 is 2.81 bits per heavy atom. The molecule has 4 aromatic heterocycles. The van der Waals surface area contributed by atoms with Gasteiger partial charge in [0.05, 0.1) is 27.7 Å². The maximum Gasteiger partial charge on any atom is 0.270 e. The molecule has 0 unspecified atom stereocenters. The molecule has 5 rings (SSSR count). The minimum atomic E-state index is -0.211. The number of nitrogens with one attached hydrogen (secondary N) is 1. The van der Waals surface area contributed by atoms with Crippen molar-refractivity contribution in [2.75, 3.05) is 6.54 Å². The summed E-state index contributed by atoms with van der Waals surface area (Å²) in [5.41, 5.74) is 2.06. The molecule has 36 heavy (non-hydrogen) atoms. The molecule has 0 saturated carbocycles. The van der Waals surface area contributed by atoms with Crippen molar-refractivity contribution in [1.29, 1.82) is 0 Å². The largest absolute Gasteiger partial charge is 0.461 e. The number of thiazole rings is 1. The standard InChI is InChI=1S/C24H18Cl2N6O2S2/c25-17-7-6-16(12-18(17)26)32-22(20-5-3-11-34-20)30-31-24(32)36-14-21-29-19(13-35-21)23(33)28-10-8-15-4-1-2-9-27-15/h1-7,9,11-13H,8,10,14H2,(H,28,33). The van der Waals surface area contributed by atoms with Crippen LogP contribution in [0.3, 0.4) is 0 Å². The summed E-state index contributed by atoms with van der Waals surface area (Å²) < 4.78 is 7.40. The molecule has 4 heterocycles. The van der Waals surface area contributed by atoms with Crippen LogP contribution in [-0.2, 0) is 12.2 Å². The molecule has 1 amide bonds. The zero-order chi connectivity index (χ0) is 24.9. The van der Waals surface area contributed by atoms with Crippen LogP contribution in [0.5, 0.6) is 0 Å². The van der Waals surface area contributed by atoms with E-state index in [1.165, 1.54) is 23.1 Å². The number of nitrogens with zero attached hydrogens (tertiary/aromatic N) is 5. The Bertz CT molecular complexity index is 1470. The molecule has 182 valence electrons. The summed E-state index contributed by atoms with van der Waals surface area (Å²) in [6, 6.07) is 14.6. The smallest absolute Gasteiger partial charge is 0.270 e. The third kappa shape index (κ3) is 5.62. The van der Waals surface area contributed by atoms with Gasteiger partial charge in [0, 0.05) is 30.2 Å². The molecule has 0 aliphatic heterocycles. The van der Waals surface area contributed by atoms with Gasteiger partial charge in [0.1, 0.15) is 10.7 Å². The molecule has 5 aromatic rings. The molecular formula is C24H18Cl2N6O2S2. The van der Waals surface area contributed by atoms with E-state index in [0.717, 1.165) is 16.4 Å². The fourth-order valence-electron chi connectivity index (χ4n) is 3.33. The maximum atomic E-state index is 12.5. The van der Waals surface area contributed by atoms with Crippen molar-refractivity contribution >= 4 is 52.2 Å². The van der Waals surface area contributed by atoms with E-state index in [2.05, 4.69) is 25.5 Å². The van der Waals surface area contributed by atoms with E-state index < -0.39 is 0 Å². The van der Waals surface area contributed by atoms with Crippen LogP contribution in [0, 0.1) is 0 Å². The number of aromatic nitrogens is 5. The van der Waals surface area contributed by atoms with Crippen LogP contribution in [-0.4, -0.2) is 37.2 Å². The van der Waals surface area contributed by atoms with Gasteiger partial charge in [-0.2, -0.15) is 0 Å². The highest BCUT2D eigenvalue weighted by molar-refractivity contribution is 7.98. The van der Waals surface area contributed by atoms with Crippen molar-refractivity contribution in [3.05, 3.63) is 92.8 Å². The van der Waals surface area contributed by atoms with E-state index in [-0.39, 0.29) is 5.91 Å². The number of halogens is 2. The number of hydrogen-bond donors (Lipinski definition) is 1. The summed E-state index contributed by atoms with van der Waals surface area (Å²) in [4.78, 5) is 21.3. The Labute approximate surface area is 224 Å². The molecule has 0 radical (unpaired) electrons. The first-order valence-electron chi connectivity index (χ1n) is 10.8. The molecule has 0 saturated heterocycles. The second-order valence-electron chi connectivity index (χ2n) is 7.46. The van der Waals surface area contributed by atoms with Crippen molar-refractivity contribution in [1.82, 2.24) is 30.0 Å². The zero-order valence-electron chi connectivity index (χ0n) is 18.6. The molecule has 0 spiro atoms. The highest BCUT2D eigenvalue weighted by atomic mass is 35.5. The lowest BCUT2D eigenvalue weighted by molar-refractivity contribution is 0.0949. The lowest BCUT2D eigenvalue weighted by Crippen LogP contribution is -2.26. The monoisotopic (exact) mass is 556 g/mol. The fraction of sp³-hybridized carbons (Fsp3) is 0.125. The molecular weight excluding hydrogens is 539 g/mol. The number of carbonyl (C=O) groups excluding carboxylic acids is 1. The molecule has 1 aromatic carbocycles. The van der Waals surface area contributed by atoms with Gasteiger partial charge < -0.3 is 9.73 Å². The highest BCUT2D eigenvalue weighted by Crippen LogP contribution is 2.33. The topological polar surface area (TPSA) is 98.7 Å².